The summed E-state index contributed by atoms with van der Waals surface area (Å²) >= 11 is 0. The number of fused-ring (bicyclic) bond motifs is 5. The highest BCUT2D eigenvalue weighted by Crippen LogP contribution is 2.65. The van der Waals surface area contributed by atoms with E-state index in [1.165, 1.54) is 32.1 Å². The summed E-state index contributed by atoms with van der Waals surface area (Å²) in [6, 6.07) is -0.618. The minimum Gasteiger partial charge on any atom is -0.460 e. The van der Waals surface area contributed by atoms with Crippen LogP contribution in [0.25, 0.3) is 4.85 Å². The fraction of sp³-hybridized carbons (Fsp3) is 0.917. The van der Waals surface area contributed by atoms with E-state index in [1.54, 1.807) is 0 Å². The van der Waals surface area contributed by atoms with Gasteiger partial charge in [0.2, 0.25) is 0 Å². The van der Waals surface area contributed by atoms with Crippen molar-refractivity contribution >= 4 is 5.97 Å². The van der Waals surface area contributed by atoms with Crippen molar-refractivity contribution in [3.05, 3.63) is 11.4 Å². The van der Waals surface area contributed by atoms with E-state index in [0.29, 0.717) is 18.4 Å². The molecule has 0 bridgehead atoms. The fourth-order valence-electron chi connectivity index (χ4n) is 8.18. The van der Waals surface area contributed by atoms with Gasteiger partial charge in [-0.15, -0.1) is 0 Å². The molecule has 0 aromatic carbocycles. The van der Waals surface area contributed by atoms with Crippen molar-refractivity contribution in [1.29, 1.82) is 0 Å². The van der Waals surface area contributed by atoms with Crippen LogP contribution in [0.2, 0.25) is 0 Å². The Balaban J connectivity index is 1.53. The molecule has 1 N–H and O–H groups in total. The third kappa shape index (κ3) is 3.18. The Hall–Kier alpha value is -1.08. The molecule has 0 heterocycles. The quantitative estimate of drug-likeness (QED) is 0.556. The van der Waals surface area contributed by atoms with Crippen molar-refractivity contribution < 1.29 is 14.6 Å². The Morgan fingerprint density at radius 2 is 1.86 bits per heavy atom. The lowest BCUT2D eigenvalue weighted by Crippen LogP contribution is -2.51. The SMILES string of the molecule is [C-]#[N+]C(C(=O)OCC)[C@H]1CC[C@H]2[C@@H]3CC[C@@H]4C[C@](C)(O)CC[C@@H]4[C@H]3CC[C@]12C. The van der Waals surface area contributed by atoms with Gasteiger partial charge in [-0.3, -0.25) is 0 Å². The van der Waals surface area contributed by atoms with Gasteiger partial charge in [-0.05, 0) is 107 Å². The maximum atomic E-state index is 12.4. The highest BCUT2D eigenvalue weighted by Gasteiger charge is 2.61. The van der Waals surface area contributed by atoms with E-state index in [-0.39, 0.29) is 17.3 Å². The molecule has 0 aromatic heterocycles. The van der Waals surface area contributed by atoms with Crippen molar-refractivity contribution in [3.8, 4) is 0 Å². The lowest BCUT2D eigenvalue weighted by Gasteiger charge is -2.56. The zero-order valence-corrected chi connectivity index (χ0v) is 17.8. The van der Waals surface area contributed by atoms with Gasteiger partial charge in [0.05, 0.1) is 18.1 Å². The van der Waals surface area contributed by atoms with E-state index >= 15 is 0 Å². The van der Waals surface area contributed by atoms with Crippen LogP contribution in [0.3, 0.4) is 0 Å². The van der Waals surface area contributed by atoms with Crippen LogP contribution in [-0.4, -0.2) is 29.3 Å². The molecule has 4 fully saturated rings. The Morgan fingerprint density at radius 3 is 2.57 bits per heavy atom. The number of esters is 1. The number of carbonyl (C=O) groups is 1. The zero-order chi connectivity index (χ0) is 20.1. The van der Waals surface area contributed by atoms with Crippen LogP contribution in [0.5, 0.6) is 0 Å². The molecule has 4 aliphatic rings. The average molecular weight is 388 g/mol. The Labute approximate surface area is 170 Å². The molecule has 4 saturated carbocycles. The second-order valence-electron chi connectivity index (χ2n) is 10.7. The van der Waals surface area contributed by atoms with Crippen molar-refractivity contribution in [2.24, 2.45) is 40.9 Å². The van der Waals surface area contributed by atoms with Gasteiger partial charge in [0.1, 0.15) is 0 Å². The Kier molecular flexibility index (Phi) is 5.28. The number of hydrogen-bond acceptors (Lipinski definition) is 3. The number of carbonyl (C=O) groups excluding carboxylic acids is 1. The molecular formula is C24H37NO3. The molecule has 0 radical (unpaired) electrons. The summed E-state index contributed by atoms with van der Waals surface area (Å²) < 4.78 is 5.25. The molecule has 0 amide bonds. The first kappa shape index (κ1) is 20.2. The number of hydrogen-bond donors (Lipinski definition) is 1. The minimum atomic E-state index is -0.618. The first-order valence-corrected chi connectivity index (χ1v) is 11.6. The van der Waals surface area contributed by atoms with Crippen molar-refractivity contribution in [1.82, 2.24) is 0 Å². The third-order valence-electron chi connectivity index (χ3n) is 9.36. The van der Waals surface area contributed by atoms with Crippen molar-refractivity contribution in [3.63, 3.8) is 0 Å². The molecule has 4 nitrogen and oxygen atoms in total. The van der Waals surface area contributed by atoms with E-state index in [1.807, 2.05) is 13.8 Å². The van der Waals surface area contributed by atoms with Gasteiger partial charge in [-0.2, -0.15) is 0 Å². The second-order valence-corrected chi connectivity index (χ2v) is 10.7. The fourth-order valence-corrected chi connectivity index (χ4v) is 8.18. The van der Waals surface area contributed by atoms with Gasteiger partial charge in [0, 0.05) is 0 Å². The summed E-state index contributed by atoms with van der Waals surface area (Å²) in [6.07, 6.45) is 10.2. The summed E-state index contributed by atoms with van der Waals surface area (Å²) in [5.41, 5.74) is -0.353. The predicted octanol–water partition coefficient (Wildman–Crippen LogP) is 4.86. The maximum Gasteiger partial charge on any atom is 0.390 e. The number of nitrogens with zero attached hydrogens (tertiary/aromatic N) is 1. The lowest BCUT2D eigenvalue weighted by molar-refractivity contribution is -0.147. The van der Waals surface area contributed by atoms with E-state index in [9.17, 15) is 9.90 Å². The number of rotatable bonds is 3. The van der Waals surface area contributed by atoms with Gasteiger partial charge in [-0.1, -0.05) is 6.92 Å². The smallest absolute Gasteiger partial charge is 0.390 e. The maximum absolute atomic E-state index is 12.4. The second kappa shape index (κ2) is 7.31. The van der Waals surface area contributed by atoms with Gasteiger partial charge in [-0.25, -0.2) is 11.4 Å². The summed E-state index contributed by atoms with van der Waals surface area (Å²) in [6.45, 7) is 14.2. The van der Waals surface area contributed by atoms with E-state index in [4.69, 9.17) is 11.3 Å². The first-order chi connectivity index (χ1) is 13.3. The van der Waals surface area contributed by atoms with E-state index in [2.05, 4.69) is 11.8 Å². The number of aliphatic hydroxyl groups is 1. The van der Waals surface area contributed by atoms with Crippen LogP contribution in [0, 0.1) is 47.5 Å². The molecule has 4 heteroatoms. The van der Waals surface area contributed by atoms with Crippen LogP contribution >= 0.6 is 0 Å². The highest BCUT2D eigenvalue weighted by atomic mass is 16.5. The zero-order valence-electron chi connectivity index (χ0n) is 17.8. The van der Waals surface area contributed by atoms with Crippen LogP contribution in [0.15, 0.2) is 0 Å². The predicted molar refractivity (Wildman–Crippen MR) is 108 cm³/mol. The molecule has 4 rings (SSSR count). The van der Waals surface area contributed by atoms with Gasteiger partial charge < -0.3 is 14.7 Å². The van der Waals surface area contributed by atoms with Gasteiger partial charge >= 0.3 is 12.0 Å². The largest absolute Gasteiger partial charge is 0.460 e. The van der Waals surface area contributed by atoms with Crippen molar-refractivity contribution in [2.75, 3.05) is 6.61 Å². The van der Waals surface area contributed by atoms with Crippen LogP contribution in [-0.2, 0) is 9.53 Å². The van der Waals surface area contributed by atoms with Crippen LogP contribution in [0.4, 0.5) is 0 Å². The highest BCUT2D eigenvalue weighted by molar-refractivity contribution is 5.78. The van der Waals surface area contributed by atoms with Crippen LogP contribution in [0.1, 0.15) is 78.6 Å². The molecule has 156 valence electrons. The monoisotopic (exact) mass is 387 g/mol. The molecular weight excluding hydrogens is 350 g/mol. The molecule has 0 aromatic rings. The topological polar surface area (TPSA) is 50.9 Å². The molecule has 1 unspecified atom stereocenters. The molecule has 4 aliphatic carbocycles. The standard InChI is InChI=1S/C24H37NO3/c1-5-28-22(26)21(25-4)20-9-8-19-18-7-6-15-14-23(2,27)12-10-16(15)17(18)11-13-24(19,20)3/h15-21,27H,5-14H2,1-3H3/t15-,16+,17-,18-,19+,20-,21?,23-,24+/m1/s1. The average Bonchev–Trinajstić information content (AvgIpc) is 2.99. The third-order valence-corrected chi connectivity index (χ3v) is 9.36. The molecule has 0 saturated heterocycles. The minimum absolute atomic E-state index is 0.107. The van der Waals surface area contributed by atoms with E-state index < -0.39 is 11.6 Å². The first-order valence-electron chi connectivity index (χ1n) is 11.6. The normalized spacial score (nSPS) is 48.5. The summed E-state index contributed by atoms with van der Waals surface area (Å²) in [7, 11) is 0. The lowest BCUT2D eigenvalue weighted by atomic mass is 9.48. The van der Waals surface area contributed by atoms with Crippen LogP contribution < -0.4 is 0 Å². The summed E-state index contributed by atoms with van der Waals surface area (Å²) in [5.74, 6) is 3.52. The molecule has 9 atom stereocenters. The summed E-state index contributed by atoms with van der Waals surface area (Å²) in [4.78, 5) is 16.2. The van der Waals surface area contributed by atoms with Crippen molar-refractivity contribution in [2.45, 2.75) is 90.2 Å². The molecule has 28 heavy (non-hydrogen) atoms. The van der Waals surface area contributed by atoms with E-state index in [0.717, 1.165) is 43.4 Å². The van der Waals surface area contributed by atoms with Gasteiger partial charge in [0.25, 0.3) is 0 Å². The number of ether oxygens (including phenoxy) is 1. The van der Waals surface area contributed by atoms with Gasteiger partial charge in [0.15, 0.2) is 0 Å². The Morgan fingerprint density at radius 1 is 1.11 bits per heavy atom. The Bertz CT molecular complexity index is 653. The summed E-state index contributed by atoms with van der Waals surface area (Å²) in [5, 5.41) is 10.5. The molecule has 0 aliphatic heterocycles. The molecule has 0 spiro atoms.